The van der Waals surface area contributed by atoms with Crippen LogP contribution in [-0.2, 0) is 13.4 Å². The fourth-order valence-electron chi connectivity index (χ4n) is 3.67. The van der Waals surface area contributed by atoms with Crippen molar-refractivity contribution in [3.63, 3.8) is 0 Å². The summed E-state index contributed by atoms with van der Waals surface area (Å²) >= 11 is 0. The fraction of sp³-hybridized carbons (Fsp3) is 0.308. The van der Waals surface area contributed by atoms with E-state index in [9.17, 15) is 5.26 Å². The van der Waals surface area contributed by atoms with Crippen LogP contribution in [0.2, 0.25) is 0 Å². The molecule has 3 nitrogen and oxygen atoms in total. The van der Waals surface area contributed by atoms with Gasteiger partial charge >= 0.3 is 0 Å². The van der Waals surface area contributed by atoms with Crippen molar-refractivity contribution in [1.29, 1.82) is 5.26 Å². The summed E-state index contributed by atoms with van der Waals surface area (Å²) in [5.74, 6) is 0. The van der Waals surface area contributed by atoms with Crippen molar-refractivity contribution in [2.24, 2.45) is 12.5 Å². The third-order valence-electron chi connectivity index (χ3n) is 4.91. The molecule has 0 saturated heterocycles. The molecule has 0 amide bonds. The minimum Gasteiger partial charge on any atom is -0.455 e. The van der Waals surface area contributed by atoms with Gasteiger partial charge in [-0.1, -0.05) is 32.9 Å². The molecule has 0 radical (unpaired) electrons. The molecule has 0 bridgehead atoms. The van der Waals surface area contributed by atoms with Crippen LogP contribution in [0.15, 0.2) is 47.0 Å². The maximum absolute atomic E-state index is 9.49. The Bertz CT molecular complexity index is 1590. The number of benzene rings is 2. The number of aryl methyl sites for hydroxylation is 1. The van der Waals surface area contributed by atoms with E-state index in [2.05, 4.69) is 6.07 Å². The highest BCUT2D eigenvalue weighted by Crippen LogP contribution is 2.37. The summed E-state index contributed by atoms with van der Waals surface area (Å²) in [7, 11) is 1.52. The molecule has 146 valence electrons. The Morgan fingerprint density at radius 1 is 1.28 bits per heavy atom. The van der Waals surface area contributed by atoms with E-state index in [0.717, 1.165) is 10.8 Å². The maximum atomic E-state index is 9.49. The third kappa shape index (κ3) is 3.29. The third-order valence-corrected chi connectivity index (χ3v) is 4.91. The van der Waals surface area contributed by atoms with Gasteiger partial charge < -0.3 is 4.42 Å². The molecule has 4 aromatic rings. The highest BCUT2D eigenvalue weighted by atomic mass is 16.3. The average molecular weight is 391 g/mol. The van der Waals surface area contributed by atoms with Crippen LogP contribution in [0.3, 0.4) is 0 Å². The molecule has 0 atom stereocenters. The topological polar surface area (TPSA) is 40.8 Å². The van der Waals surface area contributed by atoms with Crippen molar-refractivity contribution in [2.45, 2.75) is 40.9 Å². The molecule has 29 heavy (non-hydrogen) atoms. The summed E-state index contributed by atoms with van der Waals surface area (Å²) in [6.07, 6.45) is -2.58. The number of nitrogens with zero attached hydrogens (tertiary/aromatic N) is 2. The van der Waals surface area contributed by atoms with Gasteiger partial charge in [0.15, 0.2) is 11.8 Å². The van der Waals surface area contributed by atoms with E-state index in [1.54, 1.807) is 45.0 Å². The zero-order valence-electron chi connectivity index (χ0n) is 24.2. The van der Waals surface area contributed by atoms with Crippen LogP contribution < -0.4 is 4.57 Å². The Labute approximate surface area is 182 Å². The van der Waals surface area contributed by atoms with Gasteiger partial charge in [0.25, 0.3) is 0 Å². The minimum absolute atomic E-state index is 0.237. The number of furan rings is 1. The van der Waals surface area contributed by atoms with Crippen LogP contribution in [0, 0.1) is 30.5 Å². The Morgan fingerprint density at radius 3 is 2.76 bits per heavy atom. The van der Waals surface area contributed by atoms with Gasteiger partial charge in [-0.15, -0.1) is 0 Å². The lowest BCUT2D eigenvalue weighted by Crippen LogP contribution is -2.32. The van der Waals surface area contributed by atoms with Crippen LogP contribution >= 0.6 is 0 Å². The maximum Gasteiger partial charge on any atom is 0.212 e. The predicted octanol–water partition coefficient (Wildman–Crippen LogP) is 6.15. The first-order valence-electron chi connectivity index (χ1n) is 12.9. The molecule has 0 fully saturated rings. The predicted molar refractivity (Wildman–Crippen MR) is 118 cm³/mol. The van der Waals surface area contributed by atoms with E-state index in [0.29, 0.717) is 27.9 Å². The summed E-state index contributed by atoms with van der Waals surface area (Å²) < 4.78 is 67.2. The number of pyridine rings is 1. The molecule has 0 N–H and O–H groups in total. The van der Waals surface area contributed by atoms with Crippen molar-refractivity contribution in [3.8, 4) is 17.3 Å². The fourth-order valence-corrected chi connectivity index (χ4v) is 3.67. The van der Waals surface area contributed by atoms with Gasteiger partial charge in [0, 0.05) is 34.8 Å². The second kappa shape index (κ2) is 6.74. The van der Waals surface area contributed by atoms with E-state index < -0.39 is 24.2 Å². The molecule has 2 aromatic heterocycles. The van der Waals surface area contributed by atoms with Crippen molar-refractivity contribution in [2.75, 3.05) is 0 Å². The van der Waals surface area contributed by atoms with Gasteiger partial charge in [0.1, 0.15) is 20.1 Å². The smallest absolute Gasteiger partial charge is 0.212 e. The Morgan fingerprint density at radius 2 is 2.07 bits per heavy atom. The highest BCUT2D eigenvalue weighted by molar-refractivity contribution is 6.09. The van der Waals surface area contributed by atoms with E-state index >= 15 is 0 Å². The Kier molecular flexibility index (Phi) is 2.89. The lowest BCUT2D eigenvalue weighted by Gasteiger charge is -2.19. The van der Waals surface area contributed by atoms with Crippen molar-refractivity contribution < 1.29 is 18.6 Å². The van der Waals surface area contributed by atoms with Crippen molar-refractivity contribution in [1.82, 2.24) is 0 Å². The Balaban J connectivity index is 2.17. The zero-order valence-corrected chi connectivity index (χ0v) is 17.2. The van der Waals surface area contributed by atoms with Crippen LogP contribution in [0.5, 0.6) is 0 Å². The zero-order chi connectivity index (χ0) is 27.0. The number of rotatable bonds is 2. The first-order chi connectivity index (χ1) is 16.5. The number of nitriles is 1. The van der Waals surface area contributed by atoms with Crippen LogP contribution in [0.4, 0.5) is 0 Å². The van der Waals surface area contributed by atoms with E-state index in [4.69, 9.17) is 14.0 Å². The molecule has 0 aliphatic rings. The quantitative estimate of drug-likeness (QED) is 0.385. The lowest BCUT2D eigenvalue weighted by atomic mass is 9.86. The monoisotopic (exact) mass is 390 g/mol. The summed E-state index contributed by atoms with van der Waals surface area (Å²) in [5.41, 5.74) is 1.12. The molecule has 0 unspecified atom stereocenters. The molecule has 0 spiro atoms. The molecule has 0 aliphatic heterocycles. The summed E-state index contributed by atoms with van der Waals surface area (Å²) in [6.45, 7) is 3.99. The van der Waals surface area contributed by atoms with Crippen LogP contribution in [-0.4, -0.2) is 0 Å². The highest BCUT2D eigenvalue weighted by Gasteiger charge is 2.22. The van der Waals surface area contributed by atoms with E-state index in [-0.39, 0.29) is 23.5 Å². The molecular weight excluding hydrogens is 356 g/mol. The van der Waals surface area contributed by atoms with Gasteiger partial charge in [-0.05, 0) is 54.9 Å². The normalized spacial score (nSPS) is 16.3. The molecule has 2 aromatic carbocycles. The number of fused-ring (bicyclic) bond motifs is 3. The molecule has 2 heterocycles. The number of hydrogen-bond donors (Lipinski definition) is 0. The minimum atomic E-state index is -2.79. The summed E-state index contributed by atoms with van der Waals surface area (Å²) in [6, 6.07) is 10.6. The molecule has 4 rings (SSSR count). The van der Waals surface area contributed by atoms with Gasteiger partial charge in [0.05, 0.1) is 6.93 Å². The van der Waals surface area contributed by atoms with Gasteiger partial charge in [-0.2, -0.15) is 5.26 Å². The first-order valence-corrected chi connectivity index (χ1v) is 9.43. The number of para-hydroxylation sites is 1. The second-order valence-corrected chi connectivity index (χ2v) is 8.28. The second-order valence-electron chi connectivity index (χ2n) is 8.28. The van der Waals surface area contributed by atoms with E-state index in [1.165, 1.54) is 11.6 Å². The molecular formula is C26H27N2O+. The largest absolute Gasteiger partial charge is 0.455 e. The van der Waals surface area contributed by atoms with Gasteiger partial charge in [-0.25, -0.2) is 4.57 Å². The van der Waals surface area contributed by atoms with E-state index in [1.807, 2.05) is 13.0 Å². The SMILES string of the molecule is [2H]c1c(C([2H])([2H])C(C)(C)C)c(C([2H])([2H])[2H])c([2H])[n+](C)c1-c1ccc2oc3c(C#N)cccc3c2c1C. The lowest BCUT2D eigenvalue weighted by molar-refractivity contribution is -0.660. The number of aromatic nitrogens is 1. The van der Waals surface area contributed by atoms with Gasteiger partial charge in [-0.3, -0.25) is 0 Å². The Hall–Kier alpha value is -3.12. The molecule has 0 saturated carbocycles. The molecule has 3 heteroatoms. The van der Waals surface area contributed by atoms with Crippen molar-refractivity contribution >= 4 is 21.9 Å². The number of hydrogen-bond acceptors (Lipinski definition) is 2. The average Bonchev–Trinajstić information content (AvgIpc) is 3.15. The first kappa shape index (κ1) is 12.4. The summed E-state index contributed by atoms with van der Waals surface area (Å²) in [5, 5.41) is 11.0. The van der Waals surface area contributed by atoms with Crippen molar-refractivity contribution in [3.05, 3.63) is 64.8 Å². The van der Waals surface area contributed by atoms with Crippen LogP contribution in [0.1, 0.15) is 52.6 Å². The summed E-state index contributed by atoms with van der Waals surface area (Å²) in [4.78, 5) is 0. The van der Waals surface area contributed by atoms with Crippen LogP contribution in [0.25, 0.3) is 33.2 Å². The standard InChI is InChI=1S/C26H27N2O/c1-16-15-28(6)22(12-19(16)13-26(3,4)5)20-10-11-23-24(17(20)2)21-9-7-8-18(14-27)25(21)29-23/h7-12,15H,13H2,1-6H3/q+1/i1D3,12D,13D2,15D. The molecule has 0 aliphatic carbocycles. The van der Waals surface area contributed by atoms with Gasteiger partial charge in [0.2, 0.25) is 5.69 Å².